The number of hydrogen-bond acceptors (Lipinski definition) is 1. The topological polar surface area (TPSA) is 17.8 Å². The Labute approximate surface area is 201 Å². The second-order valence-electron chi connectivity index (χ2n) is 11.7. The third kappa shape index (κ3) is 2.35. The van der Waals surface area contributed by atoms with Gasteiger partial charge in [0.15, 0.2) is 0 Å². The van der Waals surface area contributed by atoms with E-state index in [0.717, 1.165) is 11.3 Å². The number of imidazole rings is 1. The number of rotatable bonds is 0. The Bertz CT molecular complexity index is 1680. The first-order chi connectivity index (χ1) is 16.2. The number of nitrogens with zero attached hydrogens (tertiary/aromatic N) is 2. The molecule has 0 spiro atoms. The number of aromatic nitrogens is 2. The molecule has 7 rings (SSSR count). The second kappa shape index (κ2) is 6.21. The summed E-state index contributed by atoms with van der Waals surface area (Å²) in [5, 5.41) is 2.69. The third-order valence-electron chi connectivity index (χ3n) is 8.31. The highest BCUT2D eigenvalue weighted by Crippen LogP contribution is 2.40. The molecule has 0 aliphatic carbocycles. The maximum atomic E-state index is 5.08. The van der Waals surface area contributed by atoms with Crippen molar-refractivity contribution in [2.24, 2.45) is 0 Å². The average molecular weight is 440 g/mol. The first-order valence-electron chi connectivity index (χ1n) is 12.4. The summed E-state index contributed by atoms with van der Waals surface area (Å²) in [5.41, 5.74) is 12.2. The highest BCUT2D eigenvalue weighted by Gasteiger charge is 2.45. The van der Waals surface area contributed by atoms with Crippen molar-refractivity contribution in [1.82, 2.24) is 9.55 Å². The van der Waals surface area contributed by atoms with Gasteiger partial charge in [-0.15, -0.1) is 0 Å². The molecule has 0 amide bonds. The maximum Gasteiger partial charge on any atom is 0.247 e. The van der Waals surface area contributed by atoms with Gasteiger partial charge in [-0.1, -0.05) is 94.7 Å². The van der Waals surface area contributed by atoms with E-state index in [1.807, 2.05) is 0 Å². The molecule has 5 aromatic rings. The predicted octanol–water partition coefficient (Wildman–Crippen LogP) is 5.25. The molecule has 0 saturated carbocycles. The highest BCUT2D eigenvalue weighted by molar-refractivity contribution is 6.99. The molecule has 0 radical (unpaired) electrons. The van der Waals surface area contributed by atoms with Crippen LogP contribution in [0.15, 0.2) is 66.7 Å². The number of aryl methyl sites for hydroxylation is 1. The fraction of sp³-hybridized carbons (Fsp3) is 0.258. The fourth-order valence-electron chi connectivity index (χ4n) is 6.74. The standard InChI is InChI=1S/C31H29BN2/c1-18-33-25-17-20(30(2,3)4)16-24-29(25)34(18)26-13-9-12-22-28(26)32(24)23-15-14-19-10-7-8-11-21(19)27(23)31(22,5)6/h7-17H,1-6H3. The van der Waals surface area contributed by atoms with Crippen molar-refractivity contribution in [2.75, 3.05) is 0 Å². The maximum absolute atomic E-state index is 5.08. The van der Waals surface area contributed by atoms with Crippen molar-refractivity contribution in [3.8, 4) is 5.69 Å². The van der Waals surface area contributed by atoms with E-state index in [1.165, 1.54) is 55.1 Å². The molecule has 0 unspecified atom stereocenters. The van der Waals surface area contributed by atoms with Gasteiger partial charge in [-0.2, -0.15) is 0 Å². The van der Waals surface area contributed by atoms with Crippen LogP contribution in [0.5, 0.6) is 0 Å². The van der Waals surface area contributed by atoms with E-state index in [2.05, 4.69) is 113 Å². The van der Waals surface area contributed by atoms with Crippen molar-refractivity contribution in [2.45, 2.75) is 52.4 Å². The molecule has 0 N–H and O–H groups in total. The molecule has 3 heterocycles. The zero-order chi connectivity index (χ0) is 23.6. The molecule has 2 aliphatic heterocycles. The zero-order valence-electron chi connectivity index (χ0n) is 20.8. The Morgan fingerprint density at radius 1 is 0.882 bits per heavy atom. The largest absolute Gasteiger partial charge is 0.298 e. The van der Waals surface area contributed by atoms with Gasteiger partial charge < -0.3 is 0 Å². The summed E-state index contributed by atoms with van der Waals surface area (Å²) in [6.07, 6.45) is 0. The van der Waals surface area contributed by atoms with E-state index in [9.17, 15) is 0 Å². The molecule has 0 saturated heterocycles. The van der Waals surface area contributed by atoms with Gasteiger partial charge in [0.2, 0.25) is 6.71 Å². The summed E-state index contributed by atoms with van der Waals surface area (Å²) in [5.74, 6) is 1.07. The van der Waals surface area contributed by atoms with Gasteiger partial charge in [0, 0.05) is 11.1 Å². The number of benzene rings is 4. The van der Waals surface area contributed by atoms with E-state index in [0.29, 0.717) is 0 Å². The smallest absolute Gasteiger partial charge is 0.247 e. The quantitative estimate of drug-likeness (QED) is 0.295. The lowest BCUT2D eigenvalue weighted by Crippen LogP contribution is -2.63. The lowest BCUT2D eigenvalue weighted by Gasteiger charge is -2.42. The van der Waals surface area contributed by atoms with Crippen LogP contribution in [0, 0.1) is 6.92 Å². The zero-order valence-corrected chi connectivity index (χ0v) is 20.8. The van der Waals surface area contributed by atoms with Crippen molar-refractivity contribution >= 4 is 44.9 Å². The van der Waals surface area contributed by atoms with Crippen LogP contribution in [0.3, 0.4) is 0 Å². The SMILES string of the molecule is Cc1nc2cc(C(C)(C)C)cc3c2n1-c1cccc2c1B3c1ccc3ccccc3c1C2(C)C. The molecule has 4 aromatic carbocycles. The Kier molecular flexibility index (Phi) is 3.67. The minimum absolute atomic E-state index is 0.0579. The lowest BCUT2D eigenvalue weighted by molar-refractivity contribution is 0.591. The predicted molar refractivity (Wildman–Crippen MR) is 145 cm³/mol. The van der Waals surface area contributed by atoms with Crippen molar-refractivity contribution in [3.05, 3.63) is 89.2 Å². The third-order valence-corrected chi connectivity index (χ3v) is 8.31. The van der Waals surface area contributed by atoms with Crippen LogP contribution in [-0.2, 0) is 10.8 Å². The molecule has 166 valence electrons. The molecule has 0 fully saturated rings. The van der Waals surface area contributed by atoms with Gasteiger partial charge in [-0.3, -0.25) is 4.57 Å². The summed E-state index contributed by atoms with van der Waals surface area (Å²) in [4.78, 5) is 5.08. The molecule has 1 aromatic heterocycles. The molecular formula is C31H29BN2. The van der Waals surface area contributed by atoms with Crippen molar-refractivity contribution in [1.29, 1.82) is 0 Å². The summed E-state index contributed by atoms with van der Waals surface area (Å²) < 4.78 is 2.41. The van der Waals surface area contributed by atoms with Gasteiger partial charge in [0.25, 0.3) is 0 Å². The molecular weight excluding hydrogens is 411 g/mol. The first kappa shape index (κ1) is 20.1. The average Bonchev–Trinajstić information content (AvgIpc) is 3.14. The van der Waals surface area contributed by atoms with Gasteiger partial charge >= 0.3 is 0 Å². The summed E-state index contributed by atoms with van der Waals surface area (Å²) in [6.45, 7) is 14.1. The van der Waals surface area contributed by atoms with E-state index in [1.54, 1.807) is 0 Å². The van der Waals surface area contributed by atoms with E-state index in [-0.39, 0.29) is 17.5 Å². The summed E-state index contributed by atoms with van der Waals surface area (Å²) in [7, 11) is 0. The normalized spacial score (nSPS) is 15.5. The van der Waals surface area contributed by atoms with Crippen LogP contribution >= 0.6 is 0 Å². The minimum atomic E-state index is -0.0925. The first-order valence-corrected chi connectivity index (χ1v) is 12.4. The van der Waals surface area contributed by atoms with E-state index in [4.69, 9.17) is 4.98 Å². The Morgan fingerprint density at radius 2 is 1.68 bits per heavy atom. The molecule has 34 heavy (non-hydrogen) atoms. The summed E-state index contributed by atoms with van der Waals surface area (Å²) in [6, 6.07) is 25.3. The highest BCUT2D eigenvalue weighted by atomic mass is 15.1. The van der Waals surface area contributed by atoms with E-state index >= 15 is 0 Å². The molecule has 2 aliphatic rings. The summed E-state index contributed by atoms with van der Waals surface area (Å²) >= 11 is 0. The molecule has 3 heteroatoms. The minimum Gasteiger partial charge on any atom is -0.298 e. The van der Waals surface area contributed by atoms with Crippen molar-refractivity contribution in [3.63, 3.8) is 0 Å². The van der Waals surface area contributed by atoms with Gasteiger partial charge in [-0.05, 0) is 62.9 Å². The van der Waals surface area contributed by atoms with Crippen LogP contribution in [0.1, 0.15) is 57.1 Å². The van der Waals surface area contributed by atoms with Gasteiger partial charge in [-0.25, -0.2) is 4.98 Å². The van der Waals surface area contributed by atoms with Gasteiger partial charge in [0.05, 0.1) is 11.0 Å². The van der Waals surface area contributed by atoms with Crippen LogP contribution in [0.4, 0.5) is 0 Å². The fourth-order valence-corrected chi connectivity index (χ4v) is 6.74. The van der Waals surface area contributed by atoms with Crippen LogP contribution in [-0.4, -0.2) is 16.3 Å². The van der Waals surface area contributed by atoms with Crippen LogP contribution in [0.25, 0.3) is 27.5 Å². The molecule has 2 nitrogen and oxygen atoms in total. The lowest BCUT2D eigenvalue weighted by atomic mass is 9.30. The molecule has 0 atom stereocenters. The number of hydrogen-bond donors (Lipinski definition) is 0. The second-order valence-corrected chi connectivity index (χ2v) is 11.7. The number of fused-ring (bicyclic) bond motifs is 6. The molecule has 0 bridgehead atoms. The van der Waals surface area contributed by atoms with Gasteiger partial charge in [0.1, 0.15) is 5.82 Å². The Balaban J connectivity index is 1.70. The van der Waals surface area contributed by atoms with E-state index < -0.39 is 0 Å². The monoisotopic (exact) mass is 440 g/mol. The Hall–Kier alpha value is -3.33. The van der Waals surface area contributed by atoms with Crippen molar-refractivity contribution < 1.29 is 0 Å². The van der Waals surface area contributed by atoms with Crippen LogP contribution in [0.2, 0.25) is 0 Å². The Morgan fingerprint density at radius 3 is 2.47 bits per heavy atom. The van der Waals surface area contributed by atoms with Crippen LogP contribution < -0.4 is 16.4 Å².